The summed E-state index contributed by atoms with van der Waals surface area (Å²) in [5, 5.41) is 14.4. The third kappa shape index (κ3) is 9.00. The number of rotatable bonds is 9. The number of thiocarbonyl (C=S) groups is 1. The highest BCUT2D eigenvalue weighted by Crippen LogP contribution is 2.08. The standard InChI is InChI=1S/C22H23N3O3S/c23-16-18-11-13-19(14-12-18)24-22(29)25-20(26)9-4-10-21(27)28-15-5-8-17-6-2-1-3-7-17/h1-3,6-7,11-14H,4-5,8-10,15H2,(H2,24,25,26,29). The molecule has 2 aromatic rings. The summed E-state index contributed by atoms with van der Waals surface area (Å²) in [5.74, 6) is -0.572. The van der Waals surface area contributed by atoms with Crippen molar-refractivity contribution in [2.75, 3.05) is 11.9 Å². The van der Waals surface area contributed by atoms with Crippen LogP contribution in [-0.2, 0) is 20.7 Å². The Morgan fingerprint density at radius 1 is 1.00 bits per heavy atom. The molecule has 0 fully saturated rings. The van der Waals surface area contributed by atoms with Crippen LogP contribution in [-0.4, -0.2) is 23.6 Å². The number of ether oxygens (including phenoxy) is 1. The zero-order valence-corrected chi connectivity index (χ0v) is 16.8. The lowest BCUT2D eigenvalue weighted by Gasteiger charge is -2.09. The fourth-order valence-electron chi connectivity index (χ4n) is 2.55. The summed E-state index contributed by atoms with van der Waals surface area (Å²) in [6.45, 7) is 0.374. The summed E-state index contributed by atoms with van der Waals surface area (Å²) in [6, 6.07) is 18.7. The molecule has 0 spiro atoms. The van der Waals surface area contributed by atoms with Crippen molar-refractivity contribution >= 4 is 34.9 Å². The van der Waals surface area contributed by atoms with Crippen molar-refractivity contribution in [1.82, 2.24) is 5.32 Å². The zero-order valence-electron chi connectivity index (χ0n) is 16.0. The molecular weight excluding hydrogens is 386 g/mol. The molecule has 0 heterocycles. The summed E-state index contributed by atoms with van der Waals surface area (Å²) in [6.07, 6.45) is 2.39. The minimum Gasteiger partial charge on any atom is -0.466 e. The molecule has 0 unspecified atom stereocenters. The van der Waals surface area contributed by atoms with Crippen LogP contribution in [0.15, 0.2) is 54.6 Å². The van der Waals surface area contributed by atoms with Crippen LogP contribution in [0, 0.1) is 11.3 Å². The number of benzene rings is 2. The number of esters is 1. The molecule has 0 saturated heterocycles. The lowest BCUT2D eigenvalue weighted by atomic mass is 10.1. The largest absolute Gasteiger partial charge is 0.466 e. The highest BCUT2D eigenvalue weighted by atomic mass is 32.1. The van der Waals surface area contributed by atoms with Gasteiger partial charge in [-0.05, 0) is 61.3 Å². The monoisotopic (exact) mass is 409 g/mol. The van der Waals surface area contributed by atoms with E-state index in [9.17, 15) is 9.59 Å². The van der Waals surface area contributed by atoms with Crippen molar-refractivity contribution in [2.24, 2.45) is 0 Å². The Labute approximate surface area is 175 Å². The van der Waals surface area contributed by atoms with E-state index in [0.717, 1.165) is 12.8 Å². The van der Waals surface area contributed by atoms with Gasteiger partial charge in [-0.25, -0.2) is 0 Å². The average Bonchev–Trinajstić information content (AvgIpc) is 2.72. The van der Waals surface area contributed by atoms with Gasteiger partial charge in [0.1, 0.15) is 0 Å². The molecular formula is C22H23N3O3S. The number of aryl methyl sites for hydroxylation is 1. The molecule has 0 aromatic heterocycles. The quantitative estimate of drug-likeness (QED) is 0.373. The predicted molar refractivity (Wildman–Crippen MR) is 115 cm³/mol. The number of nitrogens with one attached hydrogen (secondary N) is 2. The molecule has 0 atom stereocenters. The van der Waals surface area contributed by atoms with E-state index < -0.39 is 0 Å². The lowest BCUT2D eigenvalue weighted by Crippen LogP contribution is -2.34. The molecule has 7 heteroatoms. The van der Waals surface area contributed by atoms with E-state index in [0.29, 0.717) is 24.3 Å². The van der Waals surface area contributed by atoms with E-state index in [2.05, 4.69) is 10.6 Å². The van der Waals surface area contributed by atoms with Crippen molar-refractivity contribution < 1.29 is 14.3 Å². The Morgan fingerprint density at radius 2 is 1.72 bits per heavy atom. The molecule has 2 N–H and O–H groups in total. The average molecular weight is 410 g/mol. The molecule has 0 bridgehead atoms. The van der Waals surface area contributed by atoms with Crippen molar-refractivity contribution in [2.45, 2.75) is 32.1 Å². The molecule has 0 aliphatic rings. The number of amides is 1. The molecule has 0 radical (unpaired) electrons. The molecule has 0 saturated carbocycles. The number of anilines is 1. The topological polar surface area (TPSA) is 91.2 Å². The first-order valence-electron chi connectivity index (χ1n) is 9.37. The van der Waals surface area contributed by atoms with Crippen molar-refractivity contribution in [3.8, 4) is 6.07 Å². The van der Waals surface area contributed by atoms with Crippen LogP contribution in [0.1, 0.15) is 36.8 Å². The summed E-state index contributed by atoms with van der Waals surface area (Å²) in [4.78, 5) is 23.6. The van der Waals surface area contributed by atoms with Gasteiger partial charge in [0, 0.05) is 18.5 Å². The fourth-order valence-corrected chi connectivity index (χ4v) is 2.78. The molecule has 2 aromatic carbocycles. The summed E-state index contributed by atoms with van der Waals surface area (Å²) in [7, 11) is 0. The minimum atomic E-state index is -0.302. The number of nitriles is 1. The van der Waals surface area contributed by atoms with Crippen LogP contribution >= 0.6 is 12.2 Å². The van der Waals surface area contributed by atoms with Gasteiger partial charge >= 0.3 is 5.97 Å². The van der Waals surface area contributed by atoms with Crippen LogP contribution in [0.25, 0.3) is 0 Å². The van der Waals surface area contributed by atoms with Gasteiger partial charge in [0.25, 0.3) is 0 Å². The van der Waals surface area contributed by atoms with E-state index in [-0.39, 0.29) is 29.8 Å². The van der Waals surface area contributed by atoms with Crippen LogP contribution in [0.3, 0.4) is 0 Å². The Balaban J connectivity index is 1.55. The maximum absolute atomic E-state index is 11.9. The highest BCUT2D eigenvalue weighted by Gasteiger charge is 2.08. The first-order chi connectivity index (χ1) is 14.1. The zero-order chi connectivity index (χ0) is 20.9. The van der Waals surface area contributed by atoms with Crippen molar-refractivity contribution in [3.05, 3.63) is 65.7 Å². The first kappa shape index (κ1) is 22.1. The van der Waals surface area contributed by atoms with Gasteiger partial charge in [-0.3, -0.25) is 9.59 Å². The van der Waals surface area contributed by atoms with E-state index in [4.69, 9.17) is 22.2 Å². The molecule has 0 aliphatic heterocycles. The maximum Gasteiger partial charge on any atom is 0.305 e. The van der Waals surface area contributed by atoms with Gasteiger partial charge in [0.2, 0.25) is 5.91 Å². The Morgan fingerprint density at radius 3 is 2.41 bits per heavy atom. The van der Waals surface area contributed by atoms with E-state index in [1.54, 1.807) is 24.3 Å². The SMILES string of the molecule is N#Cc1ccc(NC(=S)NC(=O)CCCC(=O)OCCCc2ccccc2)cc1. The molecule has 2 rings (SSSR count). The van der Waals surface area contributed by atoms with Crippen molar-refractivity contribution in [1.29, 1.82) is 5.26 Å². The minimum absolute atomic E-state index is 0.170. The molecule has 0 aliphatic carbocycles. The number of nitrogens with zero attached hydrogens (tertiary/aromatic N) is 1. The van der Waals surface area contributed by atoms with Gasteiger partial charge < -0.3 is 15.4 Å². The van der Waals surface area contributed by atoms with Gasteiger partial charge in [0.15, 0.2) is 5.11 Å². The maximum atomic E-state index is 11.9. The highest BCUT2D eigenvalue weighted by molar-refractivity contribution is 7.80. The van der Waals surface area contributed by atoms with E-state index >= 15 is 0 Å². The number of hydrogen-bond donors (Lipinski definition) is 2. The molecule has 150 valence electrons. The third-order valence-electron chi connectivity index (χ3n) is 4.03. The normalized spacial score (nSPS) is 9.90. The van der Waals surface area contributed by atoms with Crippen LogP contribution in [0.2, 0.25) is 0 Å². The van der Waals surface area contributed by atoms with E-state index in [1.165, 1.54) is 5.56 Å². The second kappa shape index (κ2) is 12.3. The van der Waals surface area contributed by atoms with Gasteiger partial charge in [-0.2, -0.15) is 5.26 Å². The number of carbonyl (C=O) groups is 2. The summed E-state index contributed by atoms with van der Waals surface area (Å²) < 4.78 is 5.19. The second-order valence-electron chi connectivity index (χ2n) is 6.35. The van der Waals surface area contributed by atoms with Gasteiger partial charge in [0.05, 0.1) is 18.2 Å². The molecule has 6 nitrogen and oxygen atoms in total. The summed E-state index contributed by atoms with van der Waals surface area (Å²) >= 11 is 5.09. The Hall–Kier alpha value is -3.24. The second-order valence-corrected chi connectivity index (χ2v) is 6.76. The summed E-state index contributed by atoms with van der Waals surface area (Å²) in [5.41, 5.74) is 2.43. The Kier molecular flexibility index (Phi) is 9.33. The van der Waals surface area contributed by atoms with E-state index in [1.807, 2.05) is 36.4 Å². The van der Waals surface area contributed by atoms with Gasteiger partial charge in [-0.1, -0.05) is 30.3 Å². The number of hydrogen-bond acceptors (Lipinski definition) is 5. The van der Waals surface area contributed by atoms with Crippen LogP contribution in [0.5, 0.6) is 0 Å². The third-order valence-corrected chi connectivity index (χ3v) is 4.23. The fraction of sp³-hybridized carbons (Fsp3) is 0.273. The van der Waals surface area contributed by atoms with Crippen LogP contribution in [0.4, 0.5) is 5.69 Å². The van der Waals surface area contributed by atoms with Crippen molar-refractivity contribution in [3.63, 3.8) is 0 Å². The molecule has 1 amide bonds. The lowest BCUT2D eigenvalue weighted by molar-refractivity contribution is -0.143. The molecule has 29 heavy (non-hydrogen) atoms. The van der Waals surface area contributed by atoms with Crippen LogP contribution < -0.4 is 10.6 Å². The number of carbonyl (C=O) groups excluding carboxylic acids is 2. The predicted octanol–water partition coefficient (Wildman–Crippen LogP) is 3.72. The first-order valence-corrected chi connectivity index (χ1v) is 9.78. The van der Waals surface area contributed by atoms with Gasteiger partial charge in [-0.15, -0.1) is 0 Å². The Bertz CT molecular complexity index is 861. The smallest absolute Gasteiger partial charge is 0.305 e.